The fourth-order valence-corrected chi connectivity index (χ4v) is 4.76. The summed E-state index contributed by atoms with van der Waals surface area (Å²) in [5, 5.41) is 0. The van der Waals surface area contributed by atoms with Crippen molar-refractivity contribution < 1.29 is 17.2 Å². The van der Waals surface area contributed by atoms with Gasteiger partial charge in [0.2, 0.25) is 16.0 Å². The summed E-state index contributed by atoms with van der Waals surface area (Å²) in [5.74, 6) is -3.14. The Morgan fingerprint density at radius 3 is 2.59 bits per heavy atom. The van der Waals surface area contributed by atoms with Crippen molar-refractivity contribution in [1.82, 2.24) is 14.3 Å². The number of hydrogen-bond acceptors (Lipinski definition) is 7. The third-order valence-electron chi connectivity index (χ3n) is 4.66. The molecule has 0 spiro atoms. The smallest absolute Gasteiger partial charge is 0.239 e. The van der Waals surface area contributed by atoms with E-state index in [1.54, 1.807) is 13.1 Å². The van der Waals surface area contributed by atoms with Gasteiger partial charge in [0, 0.05) is 30.1 Å². The van der Waals surface area contributed by atoms with Crippen molar-refractivity contribution in [2.75, 3.05) is 12.8 Å². The Hall–Kier alpha value is -2.53. The number of sulfonamides is 1. The topological polar surface area (TPSA) is 102 Å². The Morgan fingerprint density at radius 2 is 2.00 bits per heavy atom. The summed E-state index contributed by atoms with van der Waals surface area (Å²) in [4.78, 5) is 12.8. The van der Waals surface area contributed by atoms with Crippen LogP contribution in [0.2, 0.25) is 0 Å². The van der Waals surface area contributed by atoms with Gasteiger partial charge in [0.05, 0.1) is 23.3 Å². The number of benzene rings is 1. The molecule has 1 aromatic carbocycles. The number of aromatic nitrogens is 2. The zero-order valence-electron chi connectivity index (χ0n) is 16.0. The van der Waals surface area contributed by atoms with Gasteiger partial charge in [-0.2, -0.15) is 0 Å². The van der Waals surface area contributed by atoms with E-state index >= 15 is 0 Å². The van der Waals surface area contributed by atoms with Crippen LogP contribution in [-0.2, 0) is 22.0 Å². The van der Waals surface area contributed by atoms with Crippen molar-refractivity contribution in [1.29, 1.82) is 0 Å². The largest absolute Gasteiger partial charge is 0.369 e. The summed E-state index contributed by atoms with van der Waals surface area (Å²) in [6.45, 7) is 3.18. The molecule has 0 radical (unpaired) electrons. The molecule has 0 fully saturated rings. The predicted molar refractivity (Wildman–Crippen MR) is 109 cm³/mol. The molecule has 2 aromatic rings. The van der Waals surface area contributed by atoms with Crippen molar-refractivity contribution in [3.8, 4) is 0 Å². The third-order valence-corrected chi connectivity index (χ3v) is 6.97. The normalized spacial score (nSPS) is 21.0. The Labute approximate surface area is 172 Å². The second-order valence-corrected chi connectivity index (χ2v) is 9.54. The molecule has 1 aromatic heterocycles. The van der Waals surface area contributed by atoms with Gasteiger partial charge in [0.25, 0.3) is 0 Å². The Kier molecular flexibility index (Phi) is 5.39. The van der Waals surface area contributed by atoms with Gasteiger partial charge in [-0.15, -0.1) is 0 Å². The highest BCUT2D eigenvalue weighted by atomic mass is 32.2. The molecule has 0 saturated heterocycles. The number of nitrogens with two attached hydrogens (primary N) is 1. The van der Waals surface area contributed by atoms with Gasteiger partial charge in [0.15, 0.2) is 11.6 Å². The molecule has 2 N–H and O–H groups in total. The van der Waals surface area contributed by atoms with Gasteiger partial charge in [-0.1, -0.05) is 12.2 Å². The quantitative estimate of drug-likeness (QED) is 0.576. The molecule has 0 unspecified atom stereocenters. The van der Waals surface area contributed by atoms with Crippen LogP contribution in [0.1, 0.15) is 29.4 Å². The molecule has 0 bridgehead atoms. The maximum Gasteiger partial charge on any atom is 0.239 e. The Balaban J connectivity index is 2.02. The van der Waals surface area contributed by atoms with Crippen LogP contribution in [0.15, 0.2) is 29.5 Å². The lowest BCUT2D eigenvalue weighted by atomic mass is 9.91. The maximum absolute atomic E-state index is 14.6. The van der Waals surface area contributed by atoms with Crippen LogP contribution in [0.5, 0.6) is 0 Å². The van der Waals surface area contributed by atoms with Gasteiger partial charge >= 0.3 is 0 Å². The zero-order chi connectivity index (χ0) is 21.6. The zero-order valence-corrected chi connectivity index (χ0v) is 17.6. The molecule has 0 aliphatic carbocycles. The Bertz CT molecular complexity index is 1120. The van der Waals surface area contributed by atoms with Crippen LogP contribution in [-0.4, -0.2) is 46.3 Å². The molecule has 0 saturated carbocycles. The molecular formula is C18H19F2N5O2S2. The standard InChI is InChI=1S/C18H19F2N5O2S2/c1-10-7-23-14(8-22-10)15(28)6-11-4-12(16(20)13(19)5-11)18(2)9-29(26,27)25(3)17(21)24-18/h4-5,7-8H,6,9H2,1-3H3,(H2,21,24)/t18-/m0/s1. The minimum absolute atomic E-state index is 0.0964. The number of hydrogen-bond donors (Lipinski definition) is 1. The van der Waals surface area contributed by atoms with E-state index in [-0.39, 0.29) is 17.9 Å². The highest BCUT2D eigenvalue weighted by Crippen LogP contribution is 2.35. The number of thiocarbonyl (C=S) groups is 1. The van der Waals surface area contributed by atoms with Crippen molar-refractivity contribution in [3.63, 3.8) is 0 Å². The summed E-state index contributed by atoms with van der Waals surface area (Å²) in [6.07, 6.45) is 3.16. The lowest BCUT2D eigenvalue weighted by Crippen LogP contribution is -2.50. The SMILES string of the molecule is Cc1cnc(C(=S)Cc2cc(F)c(F)c([C@]3(C)CS(=O)(=O)N(C)C(N)=N3)c2)cn1. The first-order valence-corrected chi connectivity index (χ1v) is 10.6. The number of rotatable bonds is 4. The fraction of sp³-hybridized carbons (Fsp3) is 0.333. The van der Waals surface area contributed by atoms with Crippen LogP contribution in [0.3, 0.4) is 0 Å². The van der Waals surface area contributed by atoms with E-state index in [0.717, 1.165) is 16.1 Å². The molecule has 0 amide bonds. The van der Waals surface area contributed by atoms with Crippen LogP contribution in [0.4, 0.5) is 8.78 Å². The van der Waals surface area contributed by atoms with E-state index in [2.05, 4.69) is 15.0 Å². The number of halogens is 2. The average molecular weight is 440 g/mol. The lowest BCUT2D eigenvalue weighted by Gasteiger charge is -2.34. The first-order valence-electron chi connectivity index (χ1n) is 8.55. The van der Waals surface area contributed by atoms with E-state index in [1.165, 1.54) is 26.2 Å². The molecule has 11 heteroatoms. The molecule has 1 aliphatic heterocycles. The van der Waals surface area contributed by atoms with Gasteiger partial charge in [-0.25, -0.2) is 26.5 Å². The van der Waals surface area contributed by atoms with E-state index in [9.17, 15) is 17.2 Å². The minimum Gasteiger partial charge on any atom is -0.369 e. The van der Waals surface area contributed by atoms with E-state index in [1.807, 2.05) is 0 Å². The van der Waals surface area contributed by atoms with E-state index in [4.69, 9.17) is 18.0 Å². The van der Waals surface area contributed by atoms with Crippen LogP contribution in [0.25, 0.3) is 0 Å². The second kappa shape index (κ2) is 7.38. The Morgan fingerprint density at radius 1 is 1.31 bits per heavy atom. The van der Waals surface area contributed by atoms with Crippen LogP contribution >= 0.6 is 12.2 Å². The predicted octanol–water partition coefficient (Wildman–Crippen LogP) is 1.83. The monoisotopic (exact) mass is 439 g/mol. The van der Waals surface area contributed by atoms with Gasteiger partial charge in [0.1, 0.15) is 5.54 Å². The highest BCUT2D eigenvalue weighted by Gasteiger charge is 2.42. The molecule has 1 aliphatic rings. The summed E-state index contributed by atoms with van der Waals surface area (Å²) in [6, 6.07) is 2.39. The average Bonchev–Trinajstić information content (AvgIpc) is 2.62. The molecule has 1 atom stereocenters. The molecule has 2 heterocycles. The summed E-state index contributed by atoms with van der Waals surface area (Å²) >= 11 is 5.35. The van der Waals surface area contributed by atoms with Gasteiger partial charge in [-0.05, 0) is 31.5 Å². The molecule has 7 nitrogen and oxygen atoms in total. The van der Waals surface area contributed by atoms with E-state index in [0.29, 0.717) is 16.1 Å². The number of aliphatic imine (C=N–C) groups is 1. The van der Waals surface area contributed by atoms with E-state index < -0.39 is 32.9 Å². The van der Waals surface area contributed by atoms with Crippen molar-refractivity contribution in [2.24, 2.45) is 10.7 Å². The molecule has 29 heavy (non-hydrogen) atoms. The molecule has 154 valence electrons. The lowest BCUT2D eigenvalue weighted by molar-refractivity contribution is 0.435. The number of nitrogens with zero attached hydrogens (tertiary/aromatic N) is 4. The first-order chi connectivity index (χ1) is 13.4. The highest BCUT2D eigenvalue weighted by molar-refractivity contribution is 7.89. The fourth-order valence-electron chi connectivity index (χ4n) is 3.04. The number of guanidine groups is 1. The van der Waals surface area contributed by atoms with Crippen molar-refractivity contribution >= 4 is 33.1 Å². The van der Waals surface area contributed by atoms with Crippen LogP contribution in [0, 0.1) is 18.6 Å². The summed E-state index contributed by atoms with van der Waals surface area (Å²) in [7, 11) is -2.58. The summed E-state index contributed by atoms with van der Waals surface area (Å²) < 4.78 is 54.5. The molecule has 3 rings (SSSR count). The third kappa shape index (κ3) is 4.10. The molecular weight excluding hydrogens is 420 g/mol. The van der Waals surface area contributed by atoms with Crippen LogP contribution < -0.4 is 5.73 Å². The summed E-state index contributed by atoms with van der Waals surface area (Å²) in [5.41, 5.74) is 5.45. The van der Waals surface area contributed by atoms with Gasteiger partial charge in [-0.3, -0.25) is 9.97 Å². The van der Waals surface area contributed by atoms with Crippen molar-refractivity contribution in [2.45, 2.75) is 25.8 Å². The maximum atomic E-state index is 14.6. The minimum atomic E-state index is -3.83. The number of aryl methyl sites for hydroxylation is 1. The first kappa shape index (κ1) is 21.2. The second-order valence-electron chi connectivity index (χ2n) is 7.05. The van der Waals surface area contributed by atoms with Gasteiger partial charge < -0.3 is 5.73 Å². The van der Waals surface area contributed by atoms with Crippen molar-refractivity contribution in [3.05, 3.63) is 58.7 Å².